The first-order valence-corrected chi connectivity index (χ1v) is 6.73. The Kier molecular flexibility index (Phi) is 4.28. The Morgan fingerprint density at radius 3 is 2.61 bits per heavy atom. The number of rotatable bonds is 3. The Morgan fingerprint density at radius 1 is 1.33 bits per heavy atom. The standard InChI is InChI=1S/C14H21ClN2O/c1-14(2,17-6-8-18-9-7-17)13(16)11-4-3-5-12(15)10-11/h3-5,10,13H,6-9,16H2,1-2H3. The molecule has 0 bridgehead atoms. The minimum absolute atomic E-state index is 0.0608. The molecule has 3 nitrogen and oxygen atoms in total. The average Bonchev–Trinajstić information content (AvgIpc) is 2.39. The fraction of sp³-hybridized carbons (Fsp3) is 0.571. The topological polar surface area (TPSA) is 38.5 Å². The minimum atomic E-state index is -0.103. The zero-order valence-corrected chi connectivity index (χ0v) is 11.8. The summed E-state index contributed by atoms with van der Waals surface area (Å²) < 4.78 is 5.40. The molecule has 1 aliphatic heterocycles. The lowest BCUT2D eigenvalue weighted by atomic mass is 9.87. The molecule has 1 fully saturated rings. The van der Waals surface area contributed by atoms with Crippen molar-refractivity contribution in [2.24, 2.45) is 5.73 Å². The number of halogens is 1. The highest BCUT2D eigenvalue weighted by atomic mass is 35.5. The number of nitrogens with zero attached hydrogens (tertiary/aromatic N) is 1. The van der Waals surface area contributed by atoms with E-state index in [4.69, 9.17) is 22.1 Å². The zero-order valence-electron chi connectivity index (χ0n) is 11.0. The molecule has 2 rings (SSSR count). The second-order valence-corrected chi connectivity index (χ2v) is 5.72. The van der Waals surface area contributed by atoms with E-state index in [0.717, 1.165) is 36.9 Å². The van der Waals surface area contributed by atoms with Crippen molar-refractivity contribution in [1.82, 2.24) is 4.90 Å². The van der Waals surface area contributed by atoms with Gasteiger partial charge in [-0.05, 0) is 31.5 Å². The van der Waals surface area contributed by atoms with Gasteiger partial charge >= 0.3 is 0 Å². The number of ether oxygens (including phenoxy) is 1. The van der Waals surface area contributed by atoms with Crippen LogP contribution >= 0.6 is 11.6 Å². The van der Waals surface area contributed by atoms with Gasteiger partial charge < -0.3 is 10.5 Å². The van der Waals surface area contributed by atoms with Crippen molar-refractivity contribution in [1.29, 1.82) is 0 Å². The van der Waals surface area contributed by atoms with E-state index < -0.39 is 0 Å². The van der Waals surface area contributed by atoms with Gasteiger partial charge in [0.25, 0.3) is 0 Å². The van der Waals surface area contributed by atoms with Gasteiger partial charge in [-0.1, -0.05) is 23.7 Å². The van der Waals surface area contributed by atoms with Gasteiger partial charge in [-0.2, -0.15) is 0 Å². The van der Waals surface area contributed by atoms with Crippen molar-refractivity contribution in [3.8, 4) is 0 Å². The predicted octanol–water partition coefficient (Wildman–Crippen LogP) is 2.45. The molecule has 1 aromatic rings. The number of hydrogen-bond acceptors (Lipinski definition) is 3. The van der Waals surface area contributed by atoms with E-state index in [2.05, 4.69) is 18.7 Å². The fourth-order valence-electron chi connectivity index (χ4n) is 2.44. The van der Waals surface area contributed by atoms with Gasteiger partial charge in [0.05, 0.1) is 13.2 Å². The molecule has 0 aliphatic carbocycles. The van der Waals surface area contributed by atoms with Crippen molar-refractivity contribution in [2.75, 3.05) is 26.3 Å². The van der Waals surface area contributed by atoms with Gasteiger partial charge in [0.1, 0.15) is 0 Å². The van der Waals surface area contributed by atoms with Gasteiger partial charge in [-0.15, -0.1) is 0 Å². The highest BCUT2D eigenvalue weighted by Gasteiger charge is 2.34. The number of hydrogen-bond donors (Lipinski definition) is 1. The van der Waals surface area contributed by atoms with Crippen molar-refractivity contribution in [2.45, 2.75) is 25.4 Å². The second kappa shape index (κ2) is 5.57. The molecular formula is C14H21ClN2O. The van der Waals surface area contributed by atoms with Gasteiger partial charge in [-0.3, -0.25) is 4.90 Å². The lowest BCUT2D eigenvalue weighted by Gasteiger charge is -2.44. The fourth-order valence-corrected chi connectivity index (χ4v) is 2.64. The summed E-state index contributed by atoms with van der Waals surface area (Å²) in [7, 11) is 0. The van der Waals surface area contributed by atoms with Gasteiger partial charge in [0.15, 0.2) is 0 Å². The Morgan fingerprint density at radius 2 is 2.00 bits per heavy atom. The first kappa shape index (κ1) is 13.8. The lowest BCUT2D eigenvalue weighted by Crippen LogP contribution is -2.55. The van der Waals surface area contributed by atoms with Crippen LogP contribution in [0.5, 0.6) is 0 Å². The third-order valence-corrected chi connectivity index (χ3v) is 4.03. The van der Waals surface area contributed by atoms with E-state index in [-0.39, 0.29) is 11.6 Å². The monoisotopic (exact) mass is 268 g/mol. The third-order valence-electron chi connectivity index (χ3n) is 3.79. The van der Waals surface area contributed by atoms with Crippen LogP contribution in [0.3, 0.4) is 0 Å². The molecule has 100 valence electrons. The summed E-state index contributed by atoms with van der Waals surface area (Å²) in [5, 5.41) is 0.737. The van der Waals surface area contributed by atoms with Crippen molar-refractivity contribution in [3.05, 3.63) is 34.9 Å². The molecule has 1 aromatic carbocycles. The zero-order chi connectivity index (χ0) is 13.2. The minimum Gasteiger partial charge on any atom is -0.379 e. The average molecular weight is 269 g/mol. The van der Waals surface area contributed by atoms with Gasteiger partial charge in [-0.25, -0.2) is 0 Å². The van der Waals surface area contributed by atoms with Crippen LogP contribution in [-0.4, -0.2) is 36.7 Å². The number of benzene rings is 1. The van der Waals surface area contributed by atoms with Crippen molar-refractivity contribution in [3.63, 3.8) is 0 Å². The molecule has 1 unspecified atom stereocenters. The van der Waals surface area contributed by atoms with Crippen LogP contribution in [0.15, 0.2) is 24.3 Å². The first-order chi connectivity index (χ1) is 8.51. The van der Waals surface area contributed by atoms with Crippen LogP contribution in [0.25, 0.3) is 0 Å². The highest BCUT2D eigenvalue weighted by molar-refractivity contribution is 6.30. The quantitative estimate of drug-likeness (QED) is 0.915. The molecular weight excluding hydrogens is 248 g/mol. The van der Waals surface area contributed by atoms with Gasteiger partial charge in [0, 0.05) is 29.7 Å². The normalized spacial score (nSPS) is 19.8. The highest BCUT2D eigenvalue weighted by Crippen LogP contribution is 2.30. The SMILES string of the molecule is CC(C)(C(N)c1cccc(Cl)c1)N1CCOCC1. The molecule has 2 N–H and O–H groups in total. The van der Waals surface area contributed by atoms with Crippen LogP contribution < -0.4 is 5.73 Å². The molecule has 18 heavy (non-hydrogen) atoms. The van der Waals surface area contributed by atoms with E-state index in [1.807, 2.05) is 24.3 Å². The molecule has 0 saturated carbocycles. The summed E-state index contributed by atoms with van der Waals surface area (Å²) >= 11 is 6.04. The van der Waals surface area contributed by atoms with E-state index >= 15 is 0 Å². The summed E-state index contributed by atoms with van der Waals surface area (Å²) in [6.45, 7) is 7.80. The third kappa shape index (κ3) is 2.86. The van der Waals surface area contributed by atoms with Crippen LogP contribution in [0.1, 0.15) is 25.5 Å². The maximum Gasteiger partial charge on any atom is 0.0594 e. The summed E-state index contributed by atoms with van der Waals surface area (Å²) in [4.78, 5) is 2.39. The Labute approximate surface area is 114 Å². The number of morpholine rings is 1. The van der Waals surface area contributed by atoms with Crippen molar-refractivity contribution >= 4 is 11.6 Å². The van der Waals surface area contributed by atoms with Crippen LogP contribution in [-0.2, 0) is 4.74 Å². The van der Waals surface area contributed by atoms with Crippen LogP contribution in [0.2, 0.25) is 5.02 Å². The molecule has 0 radical (unpaired) electrons. The summed E-state index contributed by atoms with van der Waals surface area (Å²) in [5.41, 5.74) is 7.41. The molecule has 4 heteroatoms. The molecule has 0 spiro atoms. The van der Waals surface area contributed by atoms with Gasteiger partial charge in [0.2, 0.25) is 0 Å². The maximum absolute atomic E-state index is 6.43. The summed E-state index contributed by atoms with van der Waals surface area (Å²) in [6.07, 6.45) is 0. The van der Waals surface area contributed by atoms with E-state index in [1.54, 1.807) is 0 Å². The molecule has 0 aromatic heterocycles. The second-order valence-electron chi connectivity index (χ2n) is 5.29. The van der Waals surface area contributed by atoms with E-state index in [0.29, 0.717) is 0 Å². The van der Waals surface area contributed by atoms with Crippen LogP contribution in [0.4, 0.5) is 0 Å². The molecule has 0 amide bonds. The van der Waals surface area contributed by atoms with E-state index in [1.165, 1.54) is 0 Å². The van der Waals surface area contributed by atoms with Crippen LogP contribution in [0, 0.1) is 0 Å². The molecule has 1 saturated heterocycles. The number of nitrogens with two attached hydrogens (primary N) is 1. The Balaban J connectivity index is 2.17. The Hall–Kier alpha value is -0.610. The maximum atomic E-state index is 6.43. The van der Waals surface area contributed by atoms with E-state index in [9.17, 15) is 0 Å². The summed E-state index contributed by atoms with van der Waals surface area (Å²) in [6, 6.07) is 7.76. The Bertz CT molecular complexity index is 403. The lowest BCUT2D eigenvalue weighted by molar-refractivity contribution is -0.0190. The molecule has 1 aliphatic rings. The predicted molar refractivity (Wildman–Crippen MR) is 74.9 cm³/mol. The summed E-state index contributed by atoms with van der Waals surface area (Å²) in [5.74, 6) is 0. The smallest absolute Gasteiger partial charge is 0.0594 e. The largest absolute Gasteiger partial charge is 0.379 e. The van der Waals surface area contributed by atoms with Crippen molar-refractivity contribution < 1.29 is 4.74 Å². The first-order valence-electron chi connectivity index (χ1n) is 6.35. The molecule has 1 heterocycles. The molecule has 1 atom stereocenters.